The Balaban J connectivity index is 2.52. The third kappa shape index (κ3) is 18.1. The number of carbonyl (C=O) groups excluding carboxylic acids is 1. The van der Waals surface area contributed by atoms with E-state index >= 15 is 0 Å². The second-order valence-electron chi connectivity index (χ2n) is 12.2. The predicted octanol–water partition coefficient (Wildman–Crippen LogP) is 6.88. The summed E-state index contributed by atoms with van der Waals surface area (Å²) in [5.41, 5.74) is -0.424. The van der Waals surface area contributed by atoms with E-state index in [0.29, 0.717) is 0 Å². The Morgan fingerprint density at radius 1 is 0.622 bits per heavy atom. The number of carbonyl (C=O) groups is 1. The van der Waals surface area contributed by atoms with E-state index in [1.807, 2.05) is 25.7 Å². The molecule has 0 aromatic carbocycles. The van der Waals surface area contributed by atoms with Crippen molar-refractivity contribution in [2.24, 2.45) is 0 Å². The monoisotopic (exact) mass is 525 g/mol. The number of amides is 1. The van der Waals surface area contributed by atoms with Crippen LogP contribution in [0, 0.1) is 0 Å². The quantitative estimate of drug-likeness (QED) is 0.153. The van der Waals surface area contributed by atoms with Crippen LogP contribution in [0.1, 0.15) is 119 Å². The number of nitrogens with zero attached hydrogens (tertiary/aromatic N) is 4. The van der Waals surface area contributed by atoms with Crippen molar-refractivity contribution >= 4 is 6.09 Å². The highest BCUT2D eigenvalue weighted by Crippen LogP contribution is 2.12. The molecule has 0 radical (unpaired) electrons. The highest BCUT2D eigenvalue weighted by atomic mass is 16.6. The molecule has 1 saturated heterocycles. The molecule has 220 valence electrons. The van der Waals surface area contributed by atoms with Gasteiger partial charge in [-0.15, -0.1) is 0 Å². The van der Waals surface area contributed by atoms with E-state index in [4.69, 9.17) is 4.74 Å². The second-order valence-corrected chi connectivity index (χ2v) is 12.2. The third-order valence-corrected chi connectivity index (χ3v) is 7.47. The molecule has 6 heteroatoms. The van der Waals surface area contributed by atoms with Gasteiger partial charge in [0.15, 0.2) is 0 Å². The lowest BCUT2D eigenvalue weighted by Gasteiger charge is -2.36. The Morgan fingerprint density at radius 3 is 1.46 bits per heavy atom. The van der Waals surface area contributed by atoms with E-state index < -0.39 is 5.60 Å². The lowest BCUT2D eigenvalue weighted by atomic mass is 10.1. The number of hydrogen-bond acceptors (Lipinski definition) is 5. The van der Waals surface area contributed by atoms with Crippen LogP contribution >= 0.6 is 0 Å². The van der Waals surface area contributed by atoms with Gasteiger partial charge < -0.3 is 19.4 Å². The number of unbranched alkanes of at least 4 members (excludes halogenated alkanes) is 9. The van der Waals surface area contributed by atoms with Crippen LogP contribution < -0.4 is 0 Å². The Morgan fingerprint density at radius 2 is 1.05 bits per heavy atom. The molecule has 1 heterocycles. The molecule has 37 heavy (non-hydrogen) atoms. The van der Waals surface area contributed by atoms with Crippen LogP contribution in [0.25, 0.3) is 0 Å². The molecule has 0 unspecified atom stereocenters. The van der Waals surface area contributed by atoms with Crippen molar-refractivity contribution in [2.45, 2.75) is 124 Å². The summed E-state index contributed by atoms with van der Waals surface area (Å²) in [7, 11) is 0. The molecule has 1 amide bonds. The van der Waals surface area contributed by atoms with Gasteiger partial charge >= 0.3 is 6.09 Å². The molecule has 0 saturated carbocycles. The zero-order valence-electron chi connectivity index (χ0n) is 25.9. The van der Waals surface area contributed by atoms with Crippen molar-refractivity contribution in [1.29, 1.82) is 0 Å². The van der Waals surface area contributed by atoms with Gasteiger partial charge in [0.1, 0.15) is 5.60 Å². The first-order valence-corrected chi connectivity index (χ1v) is 15.9. The number of ether oxygens (including phenoxy) is 1. The molecule has 0 atom stereocenters. The second kappa shape index (κ2) is 21.0. The Hall–Kier alpha value is -0.850. The molecule has 0 aliphatic carbocycles. The van der Waals surface area contributed by atoms with Crippen molar-refractivity contribution in [2.75, 3.05) is 72.0 Å². The van der Waals surface area contributed by atoms with Crippen LogP contribution in [0.2, 0.25) is 0 Å². The summed E-state index contributed by atoms with van der Waals surface area (Å²) in [6.45, 7) is 24.5. The van der Waals surface area contributed by atoms with Gasteiger partial charge in [0.25, 0.3) is 0 Å². The molecule has 1 rings (SSSR count). The molecule has 0 bridgehead atoms. The fourth-order valence-electron chi connectivity index (χ4n) is 5.00. The van der Waals surface area contributed by atoms with Gasteiger partial charge in [-0.1, -0.05) is 78.6 Å². The highest BCUT2D eigenvalue weighted by Gasteiger charge is 2.26. The minimum Gasteiger partial charge on any atom is -0.444 e. The Bertz CT molecular complexity index is 532. The molecule has 0 aromatic heterocycles. The van der Waals surface area contributed by atoms with Gasteiger partial charge in [0.2, 0.25) is 0 Å². The fourth-order valence-corrected chi connectivity index (χ4v) is 5.00. The lowest BCUT2D eigenvalue weighted by molar-refractivity contribution is 0.0137. The first-order valence-electron chi connectivity index (χ1n) is 15.9. The van der Waals surface area contributed by atoms with Crippen LogP contribution in [-0.4, -0.2) is 103 Å². The molecule has 1 fully saturated rings. The fraction of sp³-hybridized carbons (Fsp3) is 0.968. The summed E-state index contributed by atoms with van der Waals surface area (Å²) in [5.74, 6) is 0. The summed E-state index contributed by atoms with van der Waals surface area (Å²) in [5, 5.41) is 0. The summed E-state index contributed by atoms with van der Waals surface area (Å²) in [4.78, 5) is 22.3. The first kappa shape index (κ1) is 34.2. The van der Waals surface area contributed by atoms with Gasteiger partial charge in [-0.3, -0.25) is 4.90 Å². The molecule has 1 aliphatic heterocycles. The Labute approximate surface area is 231 Å². The van der Waals surface area contributed by atoms with Gasteiger partial charge in [-0.2, -0.15) is 0 Å². The number of rotatable bonds is 21. The van der Waals surface area contributed by atoms with E-state index in [0.717, 1.165) is 39.3 Å². The minimum absolute atomic E-state index is 0.164. The van der Waals surface area contributed by atoms with E-state index in [1.54, 1.807) is 0 Å². The standard InChI is InChI=1S/C31H64N4O2/c1-7-10-13-16-19-32(20-17-14-11-8-2)22-23-33(21-18-15-12-9-3)24-25-34-26-28-35(29-27-34)30(36)37-31(4,5)6/h7-29H2,1-6H3. The van der Waals surface area contributed by atoms with Crippen molar-refractivity contribution in [3.63, 3.8) is 0 Å². The summed E-state index contributed by atoms with van der Waals surface area (Å²) in [6, 6.07) is 0. The van der Waals surface area contributed by atoms with Crippen molar-refractivity contribution in [3.8, 4) is 0 Å². The van der Waals surface area contributed by atoms with E-state index in [1.165, 1.54) is 110 Å². The molecule has 0 N–H and O–H groups in total. The maximum atomic E-state index is 12.4. The van der Waals surface area contributed by atoms with Gasteiger partial charge in [0, 0.05) is 52.4 Å². The normalized spacial score (nSPS) is 15.2. The van der Waals surface area contributed by atoms with E-state index in [2.05, 4.69) is 35.5 Å². The zero-order chi connectivity index (χ0) is 27.4. The topological polar surface area (TPSA) is 39.3 Å². The summed E-state index contributed by atoms with van der Waals surface area (Å²) in [6.07, 6.45) is 15.9. The van der Waals surface area contributed by atoms with Crippen LogP contribution in [0.15, 0.2) is 0 Å². The average molecular weight is 525 g/mol. The average Bonchev–Trinajstić information content (AvgIpc) is 2.86. The predicted molar refractivity (Wildman–Crippen MR) is 160 cm³/mol. The largest absolute Gasteiger partial charge is 0.444 e. The number of piperazine rings is 1. The molecular formula is C31H64N4O2. The van der Waals surface area contributed by atoms with Crippen molar-refractivity contribution in [1.82, 2.24) is 19.6 Å². The minimum atomic E-state index is -0.424. The highest BCUT2D eigenvalue weighted by molar-refractivity contribution is 5.68. The van der Waals surface area contributed by atoms with Crippen LogP contribution in [0.5, 0.6) is 0 Å². The summed E-state index contributed by atoms with van der Waals surface area (Å²) < 4.78 is 5.57. The van der Waals surface area contributed by atoms with Gasteiger partial charge in [-0.25, -0.2) is 4.79 Å². The van der Waals surface area contributed by atoms with Gasteiger partial charge in [-0.05, 0) is 59.7 Å². The molecular weight excluding hydrogens is 460 g/mol. The lowest BCUT2D eigenvalue weighted by Crippen LogP contribution is -2.51. The molecule has 6 nitrogen and oxygen atoms in total. The van der Waals surface area contributed by atoms with E-state index in [-0.39, 0.29) is 6.09 Å². The zero-order valence-corrected chi connectivity index (χ0v) is 25.9. The van der Waals surface area contributed by atoms with Gasteiger partial charge in [0.05, 0.1) is 0 Å². The number of hydrogen-bond donors (Lipinski definition) is 0. The molecule has 0 aromatic rings. The maximum absolute atomic E-state index is 12.4. The Kier molecular flexibility index (Phi) is 19.4. The first-order chi connectivity index (χ1) is 17.8. The SMILES string of the molecule is CCCCCCN(CCCCCC)CCN(CCCCCC)CCN1CCN(C(=O)OC(C)(C)C)CC1. The maximum Gasteiger partial charge on any atom is 0.410 e. The third-order valence-electron chi connectivity index (χ3n) is 7.47. The smallest absolute Gasteiger partial charge is 0.410 e. The van der Waals surface area contributed by atoms with Crippen LogP contribution in [0.4, 0.5) is 4.79 Å². The molecule has 0 spiro atoms. The van der Waals surface area contributed by atoms with E-state index in [9.17, 15) is 4.79 Å². The van der Waals surface area contributed by atoms with Crippen molar-refractivity contribution < 1.29 is 9.53 Å². The van der Waals surface area contributed by atoms with Crippen LogP contribution in [-0.2, 0) is 4.74 Å². The summed E-state index contributed by atoms with van der Waals surface area (Å²) >= 11 is 0. The van der Waals surface area contributed by atoms with Crippen molar-refractivity contribution in [3.05, 3.63) is 0 Å². The van der Waals surface area contributed by atoms with Crippen LogP contribution in [0.3, 0.4) is 0 Å². The molecule has 1 aliphatic rings.